The molecule has 5 nitrogen and oxygen atoms in total. The number of benzene rings is 6. The largest absolute Gasteiger partial charge is 0.509 e. The normalized spacial score (nSPS) is 12.9. The van der Waals surface area contributed by atoms with Gasteiger partial charge in [0, 0.05) is 81.5 Å². The molecule has 9 aromatic rings. The smallest absolute Gasteiger partial charge is 0.135 e. The first-order valence-corrected chi connectivity index (χ1v) is 19.5. The van der Waals surface area contributed by atoms with E-state index in [1.807, 2.05) is 35.7 Å². The van der Waals surface area contributed by atoms with Gasteiger partial charge in [-0.15, -0.1) is 59.4 Å². The Morgan fingerprint density at radius 1 is 0.661 bits per heavy atom. The monoisotopic (exact) mass is 926 g/mol. The zero-order valence-corrected chi connectivity index (χ0v) is 35.1. The zero-order chi connectivity index (χ0) is 37.6. The molecule has 0 bridgehead atoms. The van der Waals surface area contributed by atoms with Crippen molar-refractivity contribution in [2.24, 2.45) is 0 Å². The zero-order valence-electron chi connectivity index (χ0n) is 32.0. The molecule has 0 fully saturated rings. The molecule has 4 heterocycles. The number of aryl methyl sites for hydroxylation is 3. The number of rotatable bonds is 5. The second-order valence-corrected chi connectivity index (χ2v) is 16.7. The Balaban J connectivity index is 0.00000410. The molecule has 1 aliphatic rings. The summed E-state index contributed by atoms with van der Waals surface area (Å²) in [4.78, 5) is 9.42. The average molecular weight is 927 g/mol. The number of anilines is 4. The van der Waals surface area contributed by atoms with Crippen molar-refractivity contribution in [1.82, 2.24) is 9.55 Å². The molecule has 0 unspecified atom stereocenters. The predicted octanol–water partition coefficient (Wildman–Crippen LogP) is 13.6. The summed E-state index contributed by atoms with van der Waals surface area (Å²) in [5.41, 5.74) is 11.2. The maximum absolute atomic E-state index is 6.63. The number of nitrogens with zero attached hydrogens (tertiary/aromatic N) is 4. The summed E-state index contributed by atoms with van der Waals surface area (Å²) < 4.78 is 11.4. The van der Waals surface area contributed by atoms with Crippen molar-refractivity contribution in [3.8, 4) is 17.3 Å². The van der Waals surface area contributed by atoms with Crippen LogP contribution in [0.25, 0.3) is 47.8 Å². The Bertz CT molecular complexity index is 2970. The van der Waals surface area contributed by atoms with Crippen LogP contribution >= 0.6 is 11.3 Å². The van der Waals surface area contributed by atoms with Crippen LogP contribution in [0.2, 0.25) is 0 Å². The molecule has 1 aliphatic heterocycles. The van der Waals surface area contributed by atoms with Crippen LogP contribution in [0.5, 0.6) is 11.5 Å². The van der Waals surface area contributed by atoms with E-state index in [9.17, 15) is 0 Å². The third-order valence-corrected chi connectivity index (χ3v) is 11.9. The molecule has 280 valence electrons. The van der Waals surface area contributed by atoms with Gasteiger partial charge in [-0.25, -0.2) is 4.98 Å². The first-order chi connectivity index (χ1) is 26.6. The van der Waals surface area contributed by atoms with E-state index in [-0.39, 0.29) is 26.5 Å². The average Bonchev–Trinajstić information content (AvgIpc) is 3.83. The van der Waals surface area contributed by atoms with Crippen molar-refractivity contribution < 1.29 is 25.8 Å². The fraction of sp³-hybridized carbons (Fsp3) is 0.143. The van der Waals surface area contributed by atoms with Crippen molar-refractivity contribution in [2.45, 2.75) is 47.0 Å². The van der Waals surface area contributed by atoms with Crippen LogP contribution in [-0.4, -0.2) is 9.55 Å². The van der Waals surface area contributed by atoms with Crippen molar-refractivity contribution in [3.05, 3.63) is 163 Å². The third kappa shape index (κ3) is 5.98. The molecule has 0 saturated carbocycles. The fourth-order valence-corrected chi connectivity index (χ4v) is 9.36. The van der Waals surface area contributed by atoms with Crippen LogP contribution in [0.15, 0.2) is 121 Å². The Labute approximate surface area is 346 Å². The first kappa shape index (κ1) is 36.2. The molecule has 7 heteroatoms. The molecule has 10 rings (SSSR count). The molecule has 0 atom stereocenters. The number of aromatic nitrogens is 2. The standard InChI is InChI=1S/C49H39N4OS.Pt/c1-30-22-31(2)48(32(3)23-30)52-29-51(41-15-8-9-16-42(41)52)34-12-11-13-35(25-34)54-36-18-19-37-39-28-46-40(38-14-7-10-17-45(38)55-46)27-44(39)53(43(37)26-36)47-24-33(20-21-50-47)49(4,5)6;/h7-24,27-29H,1-6H3;/q-3;. The second-order valence-electron chi connectivity index (χ2n) is 15.6. The summed E-state index contributed by atoms with van der Waals surface area (Å²) in [6, 6.07) is 48.1. The molecular weight excluding hydrogens is 888 g/mol. The van der Waals surface area contributed by atoms with Gasteiger partial charge < -0.3 is 19.1 Å². The third-order valence-electron chi connectivity index (χ3n) is 10.7. The number of thiophene rings is 1. The Hall–Kier alpha value is -5.42. The summed E-state index contributed by atoms with van der Waals surface area (Å²) in [5, 5.41) is 4.79. The topological polar surface area (TPSA) is 33.5 Å². The number of hydrogen-bond acceptors (Lipinski definition) is 5. The van der Waals surface area contributed by atoms with Gasteiger partial charge in [0.25, 0.3) is 0 Å². The van der Waals surface area contributed by atoms with Gasteiger partial charge in [0.2, 0.25) is 0 Å². The maximum atomic E-state index is 6.63. The Morgan fingerprint density at radius 3 is 2.18 bits per heavy atom. The summed E-state index contributed by atoms with van der Waals surface area (Å²) in [6.45, 7) is 15.4. The quantitative estimate of drug-likeness (QED) is 0.161. The van der Waals surface area contributed by atoms with Crippen molar-refractivity contribution in [2.75, 3.05) is 9.80 Å². The van der Waals surface area contributed by atoms with Crippen LogP contribution in [0.1, 0.15) is 43.0 Å². The van der Waals surface area contributed by atoms with Gasteiger partial charge in [-0.05, 0) is 90.7 Å². The molecular formula is C49H39N4OPtS-3. The first-order valence-electron chi connectivity index (χ1n) is 18.7. The van der Waals surface area contributed by atoms with E-state index in [0.717, 1.165) is 39.3 Å². The minimum absolute atomic E-state index is 0. The number of fused-ring (bicyclic) bond motifs is 7. The minimum Gasteiger partial charge on any atom is -0.509 e. The van der Waals surface area contributed by atoms with Gasteiger partial charge in [0.1, 0.15) is 5.82 Å². The molecule has 0 N–H and O–H groups in total. The molecule has 56 heavy (non-hydrogen) atoms. The van der Waals surface area contributed by atoms with E-state index in [1.54, 1.807) is 0 Å². The molecule has 0 amide bonds. The van der Waals surface area contributed by atoms with Crippen molar-refractivity contribution >= 4 is 76.1 Å². The van der Waals surface area contributed by atoms with Gasteiger partial charge in [0.05, 0.1) is 0 Å². The van der Waals surface area contributed by atoms with E-state index in [4.69, 9.17) is 9.72 Å². The molecule has 6 aromatic carbocycles. The van der Waals surface area contributed by atoms with E-state index in [2.05, 4.69) is 172 Å². The Morgan fingerprint density at radius 2 is 1.39 bits per heavy atom. The van der Waals surface area contributed by atoms with Crippen LogP contribution in [0, 0.1) is 39.6 Å². The van der Waals surface area contributed by atoms with Crippen LogP contribution in [0.3, 0.4) is 0 Å². The number of hydrogen-bond donors (Lipinski definition) is 0. The summed E-state index contributed by atoms with van der Waals surface area (Å²) >= 11 is 1.84. The van der Waals surface area contributed by atoms with E-state index < -0.39 is 0 Å². The van der Waals surface area contributed by atoms with Crippen LogP contribution < -0.4 is 14.5 Å². The minimum atomic E-state index is -0.0335. The summed E-state index contributed by atoms with van der Waals surface area (Å²) in [7, 11) is 0. The van der Waals surface area contributed by atoms with Gasteiger partial charge in [-0.2, -0.15) is 12.1 Å². The molecule has 3 aromatic heterocycles. The van der Waals surface area contributed by atoms with E-state index in [0.29, 0.717) is 11.5 Å². The Kier molecular flexibility index (Phi) is 8.83. The van der Waals surface area contributed by atoms with Crippen molar-refractivity contribution in [3.63, 3.8) is 0 Å². The van der Waals surface area contributed by atoms with Crippen LogP contribution in [-0.2, 0) is 26.5 Å². The SMILES string of the molecule is Cc1cc(C)c(N2[CH-]N(c3[c-]c(Oc4[c-]c5c(cc4)c4cc6sc7ccccc7c6cc4n5-c4cc(C(C)(C)C)ccn4)ccc3)c3ccccc32)c(C)c1.[Pt]. The van der Waals surface area contributed by atoms with Gasteiger partial charge in [0.15, 0.2) is 0 Å². The van der Waals surface area contributed by atoms with Gasteiger partial charge in [-0.3, -0.25) is 0 Å². The fourth-order valence-electron chi connectivity index (χ4n) is 8.23. The predicted molar refractivity (Wildman–Crippen MR) is 230 cm³/mol. The molecule has 0 radical (unpaired) electrons. The van der Waals surface area contributed by atoms with Gasteiger partial charge >= 0.3 is 0 Å². The number of para-hydroxylation sites is 2. The van der Waals surface area contributed by atoms with E-state index in [1.165, 1.54) is 53.5 Å². The molecule has 0 aliphatic carbocycles. The van der Waals surface area contributed by atoms with Gasteiger partial charge in [-0.1, -0.05) is 74.3 Å². The maximum Gasteiger partial charge on any atom is 0.135 e. The molecule has 0 saturated heterocycles. The summed E-state index contributed by atoms with van der Waals surface area (Å²) in [5.74, 6) is 2.09. The van der Waals surface area contributed by atoms with Crippen molar-refractivity contribution in [1.29, 1.82) is 0 Å². The molecule has 0 spiro atoms. The number of ether oxygens (including phenoxy) is 1. The second kappa shape index (κ2) is 13.7. The van der Waals surface area contributed by atoms with E-state index >= 15 is 0 Å². The number of pyridine rings is 1. The van der Waals surface area contributed by atoms with Crippen LogP contribution in [0.4, 0.5) is 22.7 Å². The summed E-state index contributed by atoms with van der Waals surface area (Å²) in [6.07, 6.45) is 1.92.